The number of nitrogens with zero attached hydrogens (tertiary/aromatic N) is 3. The lowest BCUT2D eigenvalue weighted by molar-refractivity contribution is -0.385. The Kier molecular flexibility index (Phi) is 6.65. The molecule has 0 unspecified atom stereocenters. The maximum absolute atomic E-state index is 12.9. The molecule has 2 aromatic carbocycles. The molecule has 0 saturated heterocycles. The molecule has 0 amide bonds. The summed E-state index contributed by atoms with van der Waals surface area (Å²) in [4.78, 5) is 10.3. The van der Waals surface area contributed by atoms with Crippen LogP contribution in [0.3, 0.4) is 0 Å². The van der Waals surface area contributed by atoms with Crippen LogP contribution in [-0.2, 0) is 10.0 Å². The summed E-state index contributed by atoms with van der Waals surface area (Å²) in [5.41, 5.74) is 4.49. The van der Waals surface area contributed by atoms with Gasteiger partial charge in [0, 0.05) is 25.2 Å². The summed E-state index contributed by atoms with van der Waals surface area (Å²) in [6.45, 7) is 5.89. The predicted molar refractivity (Wildman–Crippen MR) is 106 cm³/mol. The Morgan fingerprint density at radius 1 is 1.19 bits per heavy atom. The van der Waals surface area contributed by atoms with E-state index in [-0.39, 0.29) is 29.4 Å². The lowest BCUT2D eigenvalue weighted by Gasteiger charge is -2.20. The molecule has 0 aromatic heterocycles. The normalized spacial score (nSPS) is 11.9. The van der Waals surface area contributed by atoms with Crippen LogP contribution in [-0.4, -0.2) is 37.0 Å². The molecule has 1 N–H and O–H groups in total. The van der Waals surface area contributed by atoms with Crippen molar-refractivity contribution in [3.63, 3.8) is 0 Å². The quantitative estimate of drug-likeness (QED) is 0.423. The van der Waals surface area contributed by atoms with Crippen LogP contribution < -0.4 is 5.43 Å². The molecule has 27 heavy (non-hydrogen) atoms. The third-order valence-electron chi connectivity index (χ3n) is 3.94. The first kappa shape index (κ1) is 20.5. The first-order valence-electron chi connectivity index (χ1n) is 8.44. The van der Waals surface area contributed by atoms with Crippen LogP contribution in [0.1, 0.15) is 25.0 Å². The van der Waals surface area contributed by atoms with E-state index in [4.69, 9.17) is 0 Å². The number of hydrogen-bond donors (Lipinski definition) is 1. The van der Waals surface area contributed by atoms with Gasteiger partial charge in [-0.1, -0.05) is 43.7 Å². The van der Waals surface area contributed by atoms with Crippen molar-refractivity contribution in [3.05, 3.63) is 63.7 Å². The molecular weight excluding hydrogens is 368 g/mol. The summed E-state index contributed by atoms with van der Waals surface area (Å²) in [7, 11) is -3.90. The van der Waals surface area contributed by atoms with E-state index in [0.717, 1.165) is 17.2 Å². The van der Waals surface area contributed by atoms with Crippen molar-refractivity contribution in [3.8, 4) is 0 Å². The fourth-order valence-electron chi connectivity index (χ4n) is 2.56. The van der Waals surface area contributed by atoms with Gasteiger partial charge in [-0.25, -0.2) is 8.42 Å². The van der Waals surface area contributed by atoms with E-state index in [1.807, 2.05) is 31.2 Å². The van der Waals surface area contributed by atoms with Gasteiger partial charge >= 0.3 is 0 Å². The highest BCUT2D eigenvalue weighted by Crippen LogP contribution is 2.29. The Labute approximate surface area is 158 Å². The van der Waals surface area contributed by atoms with Gasteiger partial charge in [-0.15, -0.1) is 0 Å². The van der Waals surface area contributed by atoms with Gasteiger partial charge in [0.25, 0.3) is 5.69 Å². The maximum Gasteiger partial charge on any atom is 0.270 e. The third-order valence-corrected chi connectivity index (χ3v) is 6.03. The lowest BCUT2D eigenvalue weighted by Crippen LogP contribution is -2.31. The van der Waals surface area contributed by atoms with Crippen LogP contribution in [0.4, 0.5) is 11.4 Å². The average Bonchev–Trinajstić information content (AvgIpc) is 2.62. The minimum atomic E-state index is -3.90. The molecule has 8 nitrogen and oxygen atoms in total. The minimum absolute atomic E-state index is 0.177. The van der Waals surface area contributed by atoms with Crippen LogP contribution in [0, 0.1) is 17.0 Å². The second kappa shape index (κ2) is 8.74. The number of anilines is 1. The SMILES string of the molecule is CCN(CC)S(=O)(=O)c1cc([N+](=O)[O-])ccc1N/N=C\c1cccc(C)c1. The lowest BCUT2D eigenvalue weighted by atomic mass is 10.2. The van der Waals surface area contributed by atoms with Crippen molar-refractivity contribution in [2.45, 2.75) is 25.7 Å². The molecule has 0 saturated carbocycles. The Morgan fingerprint density at radius 3 is 2.48 bits per heavy atom. The molecular formula is C18H22N4O4S. The Balaban J connectivity index is 2.42. The predicted octanol–water partition coefficient (Wildman–Crippen LogP) is 3.38. The topological polar surface area (TPSA) is 105 Å². The van der Waals surface area contributed by atoms with Crippen molar-refractivity contribution in [1.82, 2.24) is 4.31 Å². The zero-order valence-corrected chi connectivity index (χ0v) is 16.2. The number of nitrogens with one attached hydrogen (secondary N) is 1. The summed E-state index contributed by atoms with van der Waals surface area (Å²) in [5.74, 6) is 0. The number of nitro groups is 1. The molecule has 0 aliphatic rings. The number of sulfonamides is 1. The standard InChI is InChI=1S/C18H22N4O4S/c1-4-21(5-2)27(25,26)18-12-16(22(23)24)9-10-17(18)20-19-13-15-8-6-7-14(3)11-15/h6-13,20H,4-5H2,1-3H3/b19-13-. The van der Waals surface area contributed by atoms with Crippen molar-refractivity contribution in [2.24, 2.45) is 5.10 Å². The molecule has 0 atom stereocenters. The van der Waals surface area contributed by atoms with Crippen LogP contribution >= 0.6 is 0 Å². The highest BCUT2D eigenvalue weighted by Gasteiger charge is 2.27. The minimum Gasteiger partial charge on any atom is -0.277 e. The molecule has 144 valence electrons. The molecule has 0 aliphatic heterocycles. The number of hydrogen-bond acceptors (Lipinski definition) is 6. The van der Waals surface area contributed by atoms with Crippen molar-refractivity contribution >= 4 is 27.6 Å². The zero-order chi connectivity index (χ0) is 20.0. The fourth-order valence-corrected chi connectivity index (χ4v) is 4.18. The van der Waals surface area contributed by atoms with Crippen molar-refractivity contribution in [1.29, 1.82) is 0 Å². The summed E-state index contributed by atoms with van der Waals surface area (Å²) in [6.07, 6.45) is 1.56. The van der Waals surface area contributed by atoms with Gasteiger partial charge in [0.05, 0.1) is 16.8 Å². The van der Waals surface area contributed by atoms with Gasteiger partial charge in [-0.05, 0) is 18.6 Å². The van der Waals surface area contributed by atoms with Crippen LogP contribution in [0.2, 0.25) is 0 Å². The van der Waals surface area contributed by atoms with E-state index in [1.165, 1.54) is 16.4 Å². The second-order valence-electron chi connectivity index (χ2n) is 5.81. The molecule has 0 aliphatic carbocycles. The van der Waals surface area contributed by atoms with Gasteiger partial charge in [-0.3, -0.25) is 15.5 Å². The number of aryl methyl sites for hydroxylation is 1. The smallest absolute Gasteiger partial charge is 0.270 e. The number of nitro benzene ring substituents is 1. The third kappa shape index (κ3) is 4.89. The Bertz CT molecular complexity index is 954. The second-order valence-corrected chi connectivity index (χ2v) is 7.72. The van der Waals surface area contributed by atoms with Gasteiger partial charge in [0.1, 0.15) is 4.90 Å². The molecule has 0 radical (unpaired) electrons. The number of rotatable bonds is 8. The molecule has 0 fully saturated rings. The van der Waals surface area contributed by atoms with E-state index in [0.29, 0.717) is 0 Å². The molecule has 9 heteroatoms. The van der Waals surface area contributed by atoms with Crippen LogP contribution in [0.15, 0.2) is 52.5 Å². The van der Waals surface area contributed by atoms with Gasteiger partial charge in [0.15, 0.2) is 0 Å². The maximum atomic E-state index is 12.9. The summed E-state index contributed by atoms with van der Waals surface area (Å²) in [6, 6.07) is 11.3. The van der Waals surface area contributed by atoms with Gasteiger partial charge in [-0.2, -0.15) is 9.41 Å². The number of benzene rings is 2. The number of hydrazone groups is 1. The van der Waals surface area contributed by atoms with Gasteiger partial charge < -0.3 is 0 Å². The molecule has 0 spiro atoms. The van der Waals surface area contributed by atoms with Crippen molar-refractivity contribution < 1.29 is 13.3 Å². The first-order valence-corrected chi connectivity index (χ1v) is 9.88. The first-order chi connectivity index (χ1) is 12.8. The molecule has 2 aromatic rings. The van der Waals surface area contributed by atoms with Crippen LogP contribution in [0.25, 0.3) is 0 Å². The van der Waals surface area contributed by atoms with E-state index in [2.05, 4.69) is 10.5 Å². The highest BCUT2D eigenvalue weighted by atomic mass is 32.2. The fraction of sp³-hybridized carbons (Fsp3) is 0.278. The van der Waals surface area contributed by atoms with E-state index < -0.39 is 14.9 Å². The Morgan fingerprint density at radius 2 is 1.89 bits per heavy atom. The number of non-ortho nitro benzene ring substituents is 1. The molecule has 0 heterocycles. The summed E-state index contributed by atoms with van der Waals surface area (Å²) >= 11 is 0. The van der Waals surface area contributed by atoms with E-state index in [9.17, 15) is 18.5 Å². The van der Waals surface area contributed by atoms with E-state index in [1.54, 1.807) is 20.1 Å². The average molecular weight is 390 g/mol. The van der Waals surface area contributed by atoms with Crippen LogP contribution in [0.5, 0.6) is 0 Å². The summed E-state index contributed by atoms with van der Waals surface area (Å²) < 4.78 is 27.0. The Hall–Kier alpha value is -2.78. The molecule has 2 rings (SSSR count). The highest BCUT2D eigenvalue weighted by molar-refractivity contribution is 7.89. The van der Waals surface area contributed by atoms with E-state index >= 15 is 0 Å². The molecule has 0 bridgehead atoms. The van der Waals surface area contributed by atoms with Crippen molar-refractivity contribution in [2.75, 3.05) is 18.5 Å². The summed E-state index contributed by atoms with van der Waals surface area (Å²) in [5, 5.41) is 15.2. The largest absolute Gasteiger partial charge is 0.277 e. The van der Waals surface area contributed by atoms with Gasteiger partial charge in [0.2, 0.25) is 10.0 Å². The zero-order valence-electron chi connectivity index (χ0n) is 15.4. The monoisotopic (exact) mass is 390 g/mol.